The highest BCUT2D eigenvalue weighted by molar-refractivity contribution is 5.38. The molecule has 0 unspecified atom stereocenters. The standard InChI is InChI=1S/C13H18FNO2/c1-16-8-10-6-12(17-2)11(14)5-9(10)7-13(15)3-4-13/h5-6H,3-4,7-8,15H2,1-2H3. The van der Waals surface area contributed by atoms with Gasteiger partial charge in [0.2, 0.25) is 0 Å². The number of benzene rings is 1. The minimum absolute atomic E-state index is 0.135. The van der Waals surface area contributed by atoms with E-state index >= 15 is 0 Å². The van der Waals surface area contributed by atoms with Gasteiger partial charge in [-0.25, -0.2) is 4.39 Å². The lowest BCUT2D eigenvalue weighted by Gasteiger charge is -2.15. The molecule has 0 spiro atoms. The van der Waals surface area contributed by atoms with Crippen LogP contribution in [0.15, 0.2) is 12.1 Å². The Morgan fingerprint density at radius 2 is 2.00 bits per heavy atom. The summed E-state index contributed by atoms with van der Waals surface area (Å²) in [5, 5.41) is 0. The van der Waals surface area contributed by atoms with Crippen molar-refractivity contribution in [2.24, 2.45) is 5.73 Å². The fourth-order valence-electron chi connectivity index (χ4n) is 1.96. The zero-order valence-corrected chi connectivity index (χ0v) is 10.3. The van der Waals surface area contributed by atoms with E-state index in [0.29, 0.717) is 13.0 Å². The maximum Gasteiger partial charge on any atom is 0.165 e. The van der Waals surface area contributed by atoms with Crippen LogP contribution in [0.3, 0.4) is 0 Å². The molecule has 2 rings (SSSR count). The van der Waals surface area contributed by atoms with Gasteiger partial charge in [-0.15, -0.1) is 0 Å². The molecule has 3 nitrogen and oxygen atoms in total. The first kappa shape index (κ1) is 12.3. The normalized spacial score (nSPS) is 16.9. The van der Waals surface area contributed by atoms with Gasteiger partial charge in [0.15, 0.2) is 11.6 Å². The molecular formula is C13H18FNO2. The summed E-state index contributed by atoms with van der Waals surface area (Å²) in [6, 6.07) is 3.21. The third-order valence-electron chi connectivity index (χ3n) is 3.21. The van der Waals surface area contributed by atoms with Crippen molar-refractivity contribution in [1.82, 2.24) is 0 Å². The number of methoxy groups -OCH3 is 2. The lowest BCUT2D eigenvalue weighted by molar-refractivity contribution is 0.183. The Hall–Kier alpha value is -1.13. The molecule has 0 aliphatic heterocycles. The van der Waals surface area contributed by atoms with Crippen molar-refractivity contribution >= 4 is 0 Å². The van der Waals surface area contributed by atoms with Crippen LogP contribution in [0.5, 0.6) is 5.75 Å². The van der Waals surface area contributed by atoms with Gasteiger partial charge in [0.1, 0.15) is 0 Å². The molecule has 1 aromatic rings. The Balaban J connectivity index is 2.30. The van der Waals surface area contributed by atoms with Crippen LogP contribution in [-0.4, -0.2) is 19.8 Å². The highest BCUT2D eigenvalue weighted by atomic mass is 19.1. The number of rotatable bonds is 5. The molecule has 0 amide bonds. The van der Waals surface area contributed by atoms with Gasteiger partial charge >= 0.3 is 0 Å². The van der Waals surface area contributed by atoms with Crippen LogP contribution in [0.1, 0.15) is 24.0 Å². The van der Waals surface area contributed by atoms with E-state index in [4.69, 9.17) is 15.2 Å². The summed E-state index contributed by atoms with van der Waals surface area (Å²) in [4.78, 5) is 0. The molecule has 94 valence electrons. The van der Waals surface area contributed by atoms with Crippen molar-refractivity contribution in [3.63, 3.8) is 0 Å². The molecule has 0 bridgehead atoms. The third kappa shape index (κ3) is 2.76. The molecule has 1 aromatic carbocycles. The summed E-state index contributed by atoms with van der Waals surface area (Å²) in [6.45, 7) is 0.446. The predicted molar refractivity (Wildman–Crippen MR) is 63.5 cm³/mol. The molecule has 0 heterocycles. The molecule has 1 aliphatic rings. The average Bonchev–Trinajstić information content (AvgIpc) is 3.00. The molecule has 0 radical (unpaired) electrons. The second kappa shape index (κ2) is 4.63. The van der Waals surface area contributed by atoms with Gasteiger partial charge in [0.05, 0.1) is 13.7 Å². The van der Waals surface area contributed by atoms with E-state index in [2.05, 4.69) is 0 Å². The molecule has 2 N–H and O–H groups in total. The molecular weight excluding hydrogens is 221 g/mol. The van der Waals surface area contributed by atoms with Crippen molar-refractivity contribution in [2.45, 2.75) is 31.4 Å². The maximum atomic E-state index is 13.7. The molecule has 17 heavy (non-hydrogen) atoms. The summed E-state index contributed by atoms with van der Waals surface area (Å²) >= 11 is 0. The van der Waals surface area contributed by atoms with Gasteiger partial charge in [0.25, 0.3) is 0 Å². The van der Waals surface area contributed by atoms with E-state index in [9.17, 15) is 4.39 Å². The van der Waals surface area contributed by atoms with E-state index < -0.39 is 0 Å². The van der Waals surface area contributed by atoms with Crippen LogP contribution in [-0.2, 0) is 17.8 Å². The summed E-state index contributed by atoms with van der Waals surface area (Å²) in [5.41, 5.74) is 7.80. The van der Waals surface area contributed by atoms with E-state index in [1.807, 2.05) is 0 Å². The van der Waals surface area contributed by atoms with E-state index in [1.54, 1.807) is 13.2 Å². The van der Waals surface area contributed by atoms with Gasteiger partial charge in [-0.1, -0.05) is 0 Å². The van der Waals surface area contributed by atoms with Gasteiger partial charge in [-0.2, -0.15) is 0 Å². The van der Waals surface area contributed by atoms with Gasteiger partial charge in [-0.05, 0) is 42.5 Å². The Morgan fingerprint density at radius 3 is 2.53 bits per heavy atom. The Kier molecular flexibility index (Phi) is 3.35. The lowest BCUT2D eigenvalue weighted by atomic mass is 9.99. The van der Waals surface area contributed by atoms with E-state index in [-0.39, 0.29) is 17.1 Å². The molecule has 1 aliphatic carbocycles. The summed E-state index contributed by atoms with van der Waals surface area (Å²) < 4.78 is 23.8. The Bertz CT molecular complexity index is 416. The van der Waals surface area contributed by atoms with Crippen LogP contribution >= 0.6 is 0 Å². The maximum absolute atomic E-state index is 13.7. The topological polar surface area (TPSA) is 44.5 Å². The van der Waals surface area contributed by atoms with Crippen molar-refractivity contribution < 1.29 is 13.9 Å². The van der Waals surface area contributed by atoms with Crippen LogP contribution in [0.25, 0.3) is 0 Å². The number of ether oxygens (including phenoxy) is 2. The fourth-order valence-corrected chi connectivity index (χ4v) is 1.96. The lowest BCUT2D eigenvalue weighted by Crippen LogP contribution is -2.25. The number of nitrogens with two attached hydrogens (primary N) is 1. The largest absolute Gasteiger partial charge is 0.494 e. The van der Waals surface area contributed by atoms with Crippen LogP contribution in [0, 0.1) is 5.82 Å². The fraction of sp³-hybridized carbons (Fsp3) is 0.538. The minimum atomic E-state index is -0.341. The average molecular weight is 239 g/mol. The summed E-state index contributed by atoms with van der Waals surface area (Å²) in [6.07, 6.45) is 2.72. The van der Waals surface area contributed by atoms with Crippen LogP contribution in [0.4, 0.5) is 4.39 Å². The quantitative estimate of drug-likeness (QED) is 0.855. The number of halogens is 1. The second-order valence-electron chi connectivity index (χ2n) is 4.73. The van der Waals surface area contributed by atoms with Crippen molar-refractivity contribution in [3.05, 3.63) is 29.1 Å². The summed E-state index contributed by atoms with van der Waals surface area (Å²) in [5.74, 6) is -0.0886. The van der Waals surface area contributed by atoms with Crippen molar-refractivity contribution in [2.75, 3.05) is 14.2 Å². The van der Waals surface area contributed by atoms with E-state index in [0.717, 1.165) is 24.0 Å². The molecule has 1 saturated carbocycles. The number of hydrogen-bond acceptors (Lipinski definition) is 3. The van der Waals surface area contributed by atoms with Crippen molar-refractivity contribution in [1.29, 1.82) is 0 Å². The second-order valence-corrected chi connectivity index (χ2v) is 4.73. The van der Waals surface area contributed by atoms with Crippen LogP contribution < -0.4 is 10.5 Å². The minimum Gasteiger partial charge on any atom is -0.494 e. The van der Waals surface area contributed by atoms with Crippen molar-refractivity contribution in [3.8, 4) is 5.75 Å². The SMILES string of the molecule is COCc1cc(OC)c(F)cc1CC1(N)CC1. The summed E-state index contributed by atoms with van der Waals surface area (Å²) in [7, 11) is 3.08. The first-order chi connectivity index (χ1) is 8.08. The van der Waals surface area contributed by atoms with Gasteiger partial charge in [0, 0.05) is 12.6 Å². The third-order valence-corrected chi connectivity index (χ3v) is 3.21. The first-order valence-corrected chi connectivity index (χ1v) is 5.71. The highest BCUT2D eigenvalue weighted by Gasteiger charge is 2.38. The highest BCUT2D eigenvalue weighted by Crippen LogP contribution is 2.37. The first-order valence-electron chi connectivity index (χ1n) is 5.71. The van der Waals surface area contributed by atoms with E-state index in [1.165, 1.54) is 13.2 Å². The Morgan fingerprint density at radius 1 is 1.29 bits per heavy atom. The Labute approximate surface area is 101 Å². The molecule has 4 heteroatoms. The zero-order valence-electron chi connectivity index (χ0n) is 10.3. The van der Waals surface area contributed by atoms with Gasteiger partial charge in [-0.3, -0.25) is 0 Å². The molecule has 0 aromatic heterocycles. The molecule has 0 saturated heterocycles. The zero-order chi connectivity index (χ0) is 12.5. The smallest absolute Gasteiger partial charge is 0.165 e. The van der Waals surface area contributed by atoms with Crippen LogP contribution in [0.2, 0.25) is 0 Å². The monoisotopic (exact) mass is 239 g/mol. The predicted octanol–water partition coefficient (Wildman–Crippen LogP) is 2.01. The molecule has 0 atom stereocenters. The molecule has 1 fully saturated rings. The number of hydrogen-bond donors (Lipinski definition) is 1. The van der Waals surface area contributed by atoms with Gasteiger partial charge < -0.3 is 15.2 Å².